The molecule has 1 rings (SSSR count). The van der Waals surface area contributed by atoms with E-state index in [1.807, 2.05) is 0 Å². The number of thioether (sulfide) groups is 1. The molecule has 0 spiro atoms. The highest BCUT2D eigenvalue weighted by Gasteiger charge is 2.45. The van der Waals surface area contributed by atoms with Gasteiger partial charge in [-0.3, -0.25) is 14.2 Å². The van der Waals surface area contributed by atoms with Crippen molar-refractivity contribution in [3.63, 3.8) is 0 Å². The van der Waals surface area contributed by atoms with Crippen LogP contribution in [-0.2, 0) is 14.2 Å². The van der Waals surface area contributed by atoms with Gasteiger partial charge in [0.1, 0.15) is 0 Å². The molecule has 0 heterocycles. The first-order valence-corrected chi connectivity index (χ1v) is 8.09. The second kappa shape index (κ2) is 6.90. The van der Waals surface area contributed by atoms with E-state index >= 15 is 0 Å². The molecule has 20 heavy (non-hydrogen) atoms. The van der Waals surface area contributed by atoms with Crippen molar-refractivity contribution in [1.82, 2.24) is 0 Å². The lowest BCUT2D eigenvalue weighted by molar-refractivity contribution is -0.147. The number of hydrogen-bond acceptors (Lipinski definition) is 4. The quantitative estimate of drug-likeness (QED) is 0.434. The van der Waals surface area contributed by atoms with Gasteiger partial charge in [0.15, 0.2) is 5.66 Å². The van der Waals surface area contributed by atoms with Crippen LogP contribution in [0.2, 0.25) is 0 Å². The fraction of sp³-hybridized carbons (Fsp3) is 0.273. The summed E-state index contributed by atoms with van der Waals surface area (Å²) in [5.41, 5.74) is -2.25. The van der Waals surface area contributed by atoms with E-state index < -0.39 is 31.1 Å². The van der Waals surface area contributed by atoms with E-state index in [9.17, 15) is 14.2 Å². The maximum absolute atomic E-state index is 11.2. The van der Waals surface area contributed by atoms with E-state index in [4.69, 9.17) is 20.0 Å². The van der Waals surface area contributed by atoms with Crippen molar-refractivity contribution in [2.75, 3.05) is 5.75 Å². The molecular weight excluding hydrogens is 307 g/mol. The summed E-state index contributed by atoms with van der Waals surface area (Å²) in [5, 5.41) is 17.9. The van der Waals surface area contributed by atoms with Crippen LogP contribution >= 0.6 is 19.4 Å². The Labute approximate surface area is 118 Å². The molecule has 0 aliphatic rings. The lowest BCUT2D eigenvalue weighted by Gasteiger charge is -2.20. The summed E-state index contributed by atoms with van der Waals surface area (Å²) < 4.78 is 11.2. The first-order valence-electron chi connectivity index (χ1n) is 5.42. The fourth-order valence-corrected chi connectivity index (χ4v) is 3.74. The van der Waals surface area contributed by atoms with Gasteiger partial charge in [-0.05, 0) is 12.1 Å². The minimum absolute atomic E-state index is 0.249. The zero-order valence-electron chi connectivity index (χ0n) is 10.1. The maximum Gasteiger partial charge on any atom is 0.340 e. The topological polar surface area (TPSA) is 132 Å². The summed E-state index contributed by atoms with van der Waals surface area (Å²) in [6, 6.07) is 8.58. The predicted molar refractivity (Wildman–Crippen MR) is 71.8 cm³/mol. The van der Waals surface area contributed by atoms with E-state index in [0.29, 0.717) is 4.90 Å². The molecule has 1 aromatic rings. The van der Waals surface area contributed by atoms with Crippen LogP contribution in [0.1, 0.15) is 0 Å². The minimum atomic E-state index is -5.06. The summed E-state index contributed by atoms with van der Waals surface area (Å²) >= 11 is 1.03. The van der Waals surface area contributed by atoms with E-state index in [2.05, 4.69) is 0 Å². The summed E-state index contributed by atoms with van der Waals surface area (Å²) in [6.45, 7) is 0. The molecule has 7 nitrogen and oxygen atoms in total. The third-order valence-electron chi connectivity index (χ3n) is 2.49. The van der Waals surface area contributed by atoms with Crippen LogP contribution in [0, 0.1) is 5.92 Å². The van der Waals surface area contributed by atoms with Crippen LogP contribution < -0.4 is 0 Å². The lowest BCUT2D eigenvalue weighted by atomic mass is 10.1. The lowest BCUT2D eigenvalue weighted by Crippen LogP contribution is -2.36. The molecule has 2 unspecified atom stereocenters. The SMILES string of the molecule is O=C(O)C(CSc1ccccc1)C(C(=O)O)P(=O)(O)O. The maximum atomic E-state index is 11.2. The van der Waals surface area contributed by atoms with Crippen molar-refractivity contribution >= 4 is 31.3 Å². The number of carbonyl (C=O) groups is 2. The van der Waals surface area contributed by atoms with E-state index in [-0.39, 0.29) is 5.75 Å². The number of carboxylic acids is 2. The molecule has 4 N–H and O–H groups in total. The zero-order valence-corrected chi connectivity index (χ0v) is 11.8. The van der Waals surface area contributed by atoms with Gasteiger partial charge in [0.2, 0.25) is 0 Å². The molecule has 0 amide bonds. The second-order valence-corrected chi connectivity index (χ2v) is 6.77. The van der Waals surface area contributed by atoms with Crippen LogP contribution in [0.25, 0.3) is 0 Å². The standard InChI is InChI=1S/C11H13O7PS/c12-10(13)8(9(11(14)15)19(16,17)18)6-20-7-4-2-1-3-5-7/h1-5,8-9H,6H2,(H,12,13)(H,14,15)(H2,16,17,18). The fourth-order valence-electron chi connectivity index (χ4n) is 1.55. The first-order chi connectivity index (χ1) is 9.23. The van der Waals surface area contributed by atoms with Gasteiger partial charge in [-0.25, -0.2) is 0 Å². The molecule has 0 bridgehead atoms. The van der Waals surface area contributed by atoms with Crippen molar-refractivity contribution in [2.45, 2.75) is 10.6 Å². The average molecular weight is 320 g/mol. The molecule has 0 radical (unpaired) electrons. The molecule has 0 saturated carbocycles. The van der Waals surface area contributed by atoms with Gasteiger partial charge in [-0.15, -0.1) is 11.8 Å². The van der Waals surface area contributed by atoms with Gasteiger partial charge in [-0.2, -0.15) is 0 Å². The monoisotopic (exact) mass is 320 g/mol. The smallest absolute Gasteiger partial charge is 0.340 e. The van der Waals surface area contributed by atoms with Crippen LogP contribution in [-0.4, -0.2) is 43.4 Å². The second-order valence-electron chi connectivity index (χ2n) is 3.94. The van der Waals surface area contributed by atoms with Crippen molar-refractivity contribution in [2.24, 2.45) is 5.92 Å². The molecule has 1 aromatic carbocycles. The Bertz CT molecular complexity index is 527. The van der Waals surface area contributed by atoms with Gasteiger partial charge in [0.25, 0.3) is 0 Å². The van der Waals surface area contributed by atoms with Crippen LogP contribution in [0.5, 0.6) is 0 Å². The largest absolute Gasteiger partial charge is 0.481 e. The molecule has 9 heteroatoms. The molecule has 0 fully saturated rings. The van der Waals surface area contributed by atoms with E-state index in [0.717, 1.165) is 11.8 Å². The Balaban J connectivity index is 2.91. The van der Waals surface area contributed by atoms with Crippen LogP contribution in [0.15, 0.2) is 35.2 Å². The first kappa shape index (κ1) is 16.7. The van der Waals surface area contributed by atoms with Gasteiger partial charge in [0, 0.05) is 10.6 Å². The van der Waals surface area contributed by atoms with Crippen molar-refractivity contribution in [1.29, 1.82) is 0 Å². The predicted octanol–water partition coefficient (Wildman–Crippen LogP) is 1.11. The molecule has 2 atom stereocenters. The summed E-state index contributed by atoms with van der Waals surface area (Å²) in [4.78, 5) is 40.8. The third kappa shape index (κ3) is 4.64. The molecular formula is C11H13O7PS. The summed E-state index contributed by atoms with van der Waals surface area (Å²) in [6.07, 6.45) is 0. The van der Waals surface area contributed by atoms with E-state index in [1.165, 1.54) is 0 Å². The highest BCUT2D eigenvalue weighted by atomic mass is 32.2. The van der Waals surface area contributed by atoms with Crippen LogP contribution in [0.3, 0.4) is 0 Å². The molecule has 0 aliphatic carbocycles. The number of aliphatic carboxylic acids is 2. The Morgan fingerprint density at radius 3 is 2.05 bits per heavy atom. The Morgan fingerprint density at radius 1 is 1.10 bits per heavy atom. The molecule has 110 valence electrons. The molecule has 0 aliphatic heterocycles. The Morgan fingerprint density at radius 2 is 1.65 bits per heavy atom. The number of hydrogen-bond donors (Lipinski definition) is 4. The number of rotatable bonds is 7. The number of benzene rings is 1. The van der Waals surface area contributed by atoms with Gasteiger partial charge in [-0.1, -0.05) is 18.2 Å². The Hall–Kier alpha value is -1.34. The minimum Gasteiger partial charge on any atom is -0.481 e. The Kier molecular flexibility index (Phi) is 5.76. The normalized spacial score (nSPS) is 14.5. The molecule has 0 aromatic heterocycles. The highest BCUT2D eigenvalue weighted by Crippen LogP contribution is 2.46. The zero-order chi connectivity index (χ0) is 15.3. The summed E-state index contributed by atoms with van der Waals surface area (Å²) in [5.74, 6) is -5.30. The highest BCUT2D eigenvalue weighted by molar-refractivity contribution is 7.99. The van der Waals surface area contributed by atoms with Crippen molar-refractivity contribution < 1.29 is 34.2 Å². The van der Waals surface area contributed by atoms with Crippen molar-refractivity contribution in [3.8, 4) is 0 Å². The third-order valence-corrected chi connectivity index (χ3v) is 4.92. The van der Waals surface area contributed by atoms with Crippen molar-refractivity contribution in [3.05, 3.63) is 30.3 Å². The van der Waals surface area contributed by atoms with Gasteiger partial charge < -0.3 is 20.0 Å². The molecule has 0 saturated heterocycles. The van der Waals surface area contributed by atoms with Crippen LogP contribution in [0.4, 0.5) is 0 Å². The summed E-state index contributed by atoms with van der Waals surface area (Å²) in [7, 11) is -5.06. The van der Waals surface area contributed by atoms with Gasteiger partial charge >= 0.3 is 19.5 Å². The van der Waals surface area contributed by atoms with E-state index in [1.54, 1.807) is 30.3 Å². The number of carboxylic acid groups (broad SMARTS) is 2. The van der Waals surface area contributed by atoms with Gasteiger partial charge in [0.05, 0.1) is 5.92 Å². The average Bonchev–Trinajstić information content (AvgIpc) is 2.33.